The Balaban J connectivity index is 0.00000200. The molecule has 1 N–H and O–H groups in total. The maximum Gasteiger partial charge on any atom is 0.193 e. The molecule has 0 spiro atoms. The van der Waals surface area contributed by atoms with Crippen LogP contribution in [-0.2, 0) is 6.54 Å². The molecular formula is C15H26IN3O. The minimum Gasteiger partial charge on any atom is -0.466 e. The molecule has 0 aliphatic carbocycles. The van der Waals surface area contributed by atoms with Crippen LogP contribution in [0.25, 0.3) is 0 Å². The molecule has 114 valence electrons. The summed E-state index contributed by atoms with van der Waals surface area (Å²) >= 11 is 0. The first-order chi connectivity index (χ1) is 9.10. The smallest absolute Gasteiger partial charge is 0.193 e. The van der Waals surface area contributed by atoms with E-state index in [9.17, 15) is 0 Å². The average molecular weight is 391 g/mol. The second-order valence-corrected chi connectivity index (χ2v) is 5.51. The summed E-state index contributed by atoms with van der Waals surface area (Å²) in [6.45, 7) is 9.30. The third-order valence-electron chi connectivity index (χ3n) is 3.88. The van der Waals surface area contributed by atoms with Crippen LogP contribution >= 0.6 is 24.0 Å². The highest BCUT2D eigenvalue weighted by molar-refractivity contribution is 14.0. The third-order valence-corrected chi connectivity index (χ3v) is 3.88. The molecule has 0 bridgehead atoms. The summed E-state index contributed by atoms with van der Waals surface area (Å²) in [6.07, 6.45) is 2.51. The predicted molar refractivity (Wildman–Crippen MR) is 93.8 cm³/mol. The van der Waals surface area contributed by atoms with Crippen LogP contribution in [0.3, 0.4) is 0 Å². The lowest BCUT2D eigenvalue weighted by molar-refractivity contribution is 0.273. The number of piperidine rings is 1. The fourth-order valence-corrected chi connectivity index (χ4v) is 2.59. The van der Waals surface area contributed by atoms with Crippen molar-refractivity contribution >= 4 is 29.9 Å². The second-order valence-electron chi connectivity index (χ2n) is 5.51. The van der Waals surface area contributed by atoms with Crippen LogP contribution in [0.5, 0.6) is 0 Å². The maximum atomic E-state index is 5.55. The normalized spacial score (nSPS) is 17.0. The topological polar surface area (TPSA) is 40.8 Å². The Morgan fingerprint density at radius 2 is 2.05 bits per heavy atom. The molecule has 20 heavy (non-hydrogen) atoms. The molecule has 0 saturated carbocycles. The van der Waals surface area contributed by atoms with Crippen molar-refractivity contribution in [3.05, 3.63) is 23.2 Å². The van der Waals surface area contributed by atoms with E-state index in [-0.39, 0.29) is 24.0 Å². The van der Waals surface area contributed by atoms with Crippen LogP contribution in [0, 0.1) is 19.8 Å². The molecule has 1 aromatic rings. The molecular weight excluding hydrogens is 365 g/mol. The Morgan fingerprint density at radius 1 is 1.40 bits per heavy atom. The van der Waals surface area contributed by atoms with Gasteiger partial charge < -0.3 is 14.6 Å². The molecule has 0 atom stereocenters. The van der Waals surface area contributed by atoms with Gasteiger partial charge in [0.1, 0.15) is 11.5 Å². The third kappa shape index (κ3) is 4.40. The van der Waals surface area contributed by atoms with Crippen LogP contribution in [0.1, 0.15) is 36.8 Å². The van der Waals surface area contributed by atoms with Gasteiger partial charge in [-0.3, -0.25) is 4.99 Å². The van der Waals surface area contributed by atoms with E-state index in [1.807, 2.05) is 20.9 Å². The van der Waals surface area contributed by atoms with E-state index in [0.29, 0.717) is 0 Å². The van der Waals surface area contributed by atoms with Crippen LogP contribution in [0.4, 0.5) is 0 Å². The number of likely N-dealkylation sites (tertiary alicyclic amines) is 1. The van der Waals surface area contributed by atoms with Gasteiger partial charge in [0.2, 0.25) is 0 Å². The van der Waals surface area contributed by atoms with Crippen molar-refractivity contribution in [1.29, 1.82) is 0 Å². The fraction of sp³-hybridized carbons (Fsp3) is 0.667. The van der Waals surface area contributed by atoms with Gasteiger partial charge in [-0.2, -0.15) is 0 Å². The van der Waals surface area contributed by atoms with Gasteiger partial charge >= 0.3 is 0 Å². The largest absolute Gasteiger partial charge is 0.466 e. The van der Waals surface area contributed by atoms with Gasteiger partial charge in [-0.05, 0) is 38.7 Å². The van der Waals surface area contributed by atoms with Gasteiger partial charge in [0.05, 0.1) is 0 Å². The van der Waals surface area contributed by atoms with Crippen molar-refractivity contribution < 1.29 is 4.42 Å². The summed E-state index contributed by atoms with van der Waals surface area (Å²) < 4.78 is 5.55. The van der Waals surface area contributed by atoms with Gasteiger partial charge in [0.15, 0.2) is 5.96 Å². The number of nitrogens with one attached hydrogen (secondary N) is 1. The Bertz CT molecular complexity index is 448. The summed E-state index contributed by atoms with van der Waals surface area (Å²) in [4.78, 5) is 6.74. The van der Waals surface area contributed by atoms with Crippen molar-refractivity contribution in [1.82, 2.24) is 10.2 Å². The van der Waals surface area contributed by atoms with E-state index in [1.165, 1.54) is 18.4 Å². The highest BCUT2D eigenvalue weighted by Crippen LogP contribution is 2.17. The first-order valence-corrected chi connectivity index (χ1v) is 7.11. The van der Waals surface area contributed by atoms with E-state index in [0.717, 1.165) is 43.0 Å². The molecule has 1 saturated heterocycles. The minimum atomic E-state index is 0. The number of guanidine groups is 1. The zero-order valence-corrected chi connectivity index (χ0v) is 15.2. The molecule has 0 amide bonds. The highest BCUT2D eigenvalue weighted by Gasteiger charge is 2.18. The van der Waals surface area contributed by atoms with Crippen molar-refractivity contribution in [2.24, 2.45) is 10.9 Å². The van der Waals surface area contributed by atoms with Gasteiger partial charge in [-0.1, -0.05) is 6.92 Å². The van der Waals surface area contributed by atoms with Gasteiger partial charge in [-0.25, -0.2) is 0 Å². The molecule has 1 fully saturated rings. The average Bonchev–Trinajstić information content (AvgIpc) is 2.71. The summed E-state index contributed by atoms with van der Waals surface area (Å²) in [7, 11) is 1.86. The van der Waals surface area contributed by atoms with Crippen LogP contribution in [-0.4, -0.2) is 31.0 Å². The molecule has 2 rings (SSSR count). The van der Waals surface area contributed by atoms with E-state index in [2.05, 4.69) is 28.2 Å². The molecule has 5 heteroatoms. The standard InChI is InChI=1S/C15H25N3O.HI/c1-11-5-7-18(8-6-11)15(16-4)17-10-14-9-12(2)19-13(14)3;/h9,11H,5-8,10H2,1-4H3,(H,16,17);1H. The maximum absolute atomic E-state index is 5.55. The predicted octanol–water partition coefficient (Wildman–Crippen LogP) is 3.32. The van der Waals surface area contributed by atoms with E-state index >= 15 is 0 Å². The molecule has 2 heterocycles. The monoisotopic (exact) mass is 391 g/mol. The number of halogens is 1. The second kappa shape index (κ2) is 7.90. The molecule has 0 unspecified atom stereocenters. The quantitative estimate of drug-likeness (QED) is 0.478. The highest BCUT2D eigenvalue weighted by atomic mass is 127. The molecule has 4 nitrogen and oxygen atoms in total. The zero-order valence-electron chi connectivity index (χ0n) is 12.9. The lowest BCUT2D eigenvalue weighted by Crippen LogP contribution is -2.45. The molecule has 0 radical (unpaired) electrons. The molecule has 1 aromatic heterocycles. The van der Waals surface area contributed by atoms with Gasteiger partial charge in [-0.15, -0.1) is 24.0 Å². The molecule has 1 aliphatic heterocycles. The van der Waals surface area contributed by atoms with Gasteiger partial charge in [0, 0.05) is 32.2 Å². The van der Waals surface area contributed by atoms with Crippen molar-refractivity contribution in [2.45, 2.75) is 40.2 Å². The number of aliphatic imine (C=N–C) groups is 1. The Labute approximate surface area is 139 Å². The van der Waals surface area contributed by atoms with Crippen molar-refractivity contribution in [2.75, 3.05) is 20.1 Å². The molecule has 1 aliphatic rings. The first kappa shape index (κ1) is 17.3. The number of nitrogens with zero attached hydrogens (tertiary/aromatic N) is 2. The van der Waals surface area contributed by atoms with Crippen LogP contribution < -0.4 is 5.32 Å². The first-order valence-electron chi connectivity index (χ1n) is 7.11. The number of hydrogen-bond donors (Lipinski definition) is 1. The van der Waals surface area contributed by atoms with Crippen LogP contribution in [0.15, 0.2) is 15.5 Å². The Hall–Kier alpha value is -0.720. The van der Waals surface area contributed by atoms with Crippen molar-refractivity contribution in [3.63, 3.8) is 0 Å². The number of hydrogen-bond acceptors (Lipinski definition) is 2. The Morgan fingerprint density at radius 3 is 2.55 bits per heavy atom. The SMILES string of the molecule is CN=C(NCc1cc(C)oc1C)N1CCC(C)CC1.I. The number of rotatable bonds is 2. The summed E-state index contributed by atoms with van der Waals surface area (Å²) in [5.41, 5.74) is 1.21. The summed E-state index contributed by atoms with van der Waals surface area (Å²) in [6, 6.07) is 2.09. The van der Waals surface area contributed by atoms with E-state index in [1.54, 1.807) is 0 Å². The minimum absolute atomic E-state index is 0. The van der Waals surface area contributed by atoms with Crippen LogP contribution in [0.2, 0.25) is 0 Å². The van der Waals surface area contributed by atoms with E-state index < -0.39 is 0 Å². The number of aryl methyl sites for hydroxylation is 2. The number of furan rings is 1. The Kier molecular flexibility index (Phi) is 6.85. The van der Waals surface area contributed by atoms with Gasteiger partial charge in [0.25, 0.3) is 0 Å². The summed E-state index contributed by atoms with van der Waals surface area (Å²) in [5.74, 6) is 3.81. The summed E-state index contributed by atoms with van der Waals surface area (Å²) in [5, 5.41) is 3.44. The lowest BCUT2D eigenvalue weighted by atomic mass is 10.00. The molecule has 0 aromatic carbocycles. The van der Waals surface area contributed by atoms with E-state index in [4.69, 9.17) is 4.42 Å². The zero-order chi connectivity index (χ0) is 13.8. The van der Waals surface area contributed by atoms with Crippen molar-refractivity contribution in [3.8, 4) is 0 Å². The lowest BCUT2D eigenvalue weighted by Gasteiger charge is -2.32. The fourth-order valence-electron chi connectivity index (χ4n) is 2.59.